The zero-order valence-corrected chi connectivity index (χ0v) is 23.0. The second-order valence-corrected chi connectivity index (χ2v) is 16.2. The summed E-state index contributed by atoms with van der Waals surface area (Å²) < 4.78 is 0. The second-order valence-electron chi connectivity index (χ2n) is 11.1. The smallest absolute Gasteiger partial charge is 0.0586 e. The van der Waals surface area contributed by atoms with Crippen molar-refractivity contribution >= 4 is 7.26 Å². The Balaban J connectivity index is 3.02. The molecule has 0 spiro atoms. The molecule has 0 heterocycles. The Hall–Kier alpha value is 0.430. The van der Waals surface area contributed by atoms with Gasteiger partial charge in [0.05, 0.1) is 6.16 Å². The van der Waals surface area contributed by atoms with Crippen molar-refractivity contribution in [2.24, 2.45) is 0 Å². The largest absolute Gasteiger partial charge is 0.0654 e. The quantitative estimate of drug-likeness (QED) is 0.0975. The van der Waals surface area contributed by atoms with Crippen molar-refractivity contribution in [2.45, 2.75) is 161 Å². The van der Waals surface area contributed by atoms with E-state index < -0.39 is 7.26 Å². The van der Waals surface area contributed by atoms with Gasteiger partial charge in [0.15, 0.2) is 0 Å². The molecule has 0 aromatic rings. The zero-order valence-electron chi connectivity index (χ0n) is 22.1. The van der Waals surface area contributed by atoms with Crippen LogP contribution in [-0.2, 0) is 0 Å². The van der Waals surface area contributed by atoms with Crippen molar-refractivity contribution in [1.82, 2.24) is 0 Å². The molecule has 182 valence electrons. The van der Waals surface area contributed by atoms with E-state index in [0.717, 1.165) is 0 Å². The first-order valence-electron chi connectivity index (χ1n) is 14.4. The third-order valence-corrected chi connectivity index (χ3v) is 8.34. The van der Waals surface area contributed by atoms with Crippen LogP contribution in [0.4, 0.5) is 0 Å². The lowest BCUT2D eigenvalue weighted by Gasteiger charge is -2.10. The summed E-state index contributed by atoms with van der Waals surface area (Å²) in [5.41, 5.74) is 0. The average molecular weight is 442 g/mol. The fourth-order valence-corrected chi connectivity index (χ4v) is 5.72. The van der Waals surface area contributed by atoms with Gasteiger partial charge in [0.2, 0.25) is 0 Å². The molecular formula is C29H62P+. The van der Waals surface area contributed by atoms with Gasteiger partial charge in [-0.15, -0.1) is 0 Å². The summed E-state index contributed by atoms with van der Waals surface area (Å²) in [6.07, 6.45) is 37.1. The Kier molecular flexibility index (Phi) is 24.4. The molecule has 1 heteroatoms. The van der Waals surface area contributed by atoms with E-state index in [4.69, 9.17) is 0 Å². The van der Waals surface area contributed by atoms with Gasteiger partial charge in [-0.1, -0.05) is 148 Å². The fourth-order valence-electron chi connectivity index (χ4n) is 4.55. The molecule has 0 aliphatic rings. The second kappa shape index (κ2) is 24.1. The maximum Gasteiger partial charge on any atom is 0.0586 e. The summed E-state index contributed by atoms with van der Waals surface area (Å²) in [5, 5.41) is 0. The van der Waals surface area contributed by atoms with E-state index in [0.29, 0.717) is 0 Å². The Morgan fingerprint density at radius 1 is 0.300 bits per heavy atom. The molecule has 0 aliphatic heterocycles. The molecule has 0 saturated heterocycles. The highest BCUT2D eigenvalue weighted by Gasteiger charge is 2.15. The van der Waals surface area contributed by atoms with E-state index in [1.54, 1.807) is 0 Å². The van der Waals surface area contributed by atoms with E-state index in [-0.39, 0.29) is 0 Å². The molecule has 0 amide bonds. The van der Waals surface area contributed by atoms with E-state index in [2.05, 4.69) is 26.9 Å². The van der Waals surface area contributed by atoms with E-state index in [1.807, 2.05) is 0 Å². The lowest BCUT2D eigenvalue weighted by molar-refractivity contribution is 0.518. The van der Waals surface area contributed by atoms with Gasteiger partial charge in [0, 0.05) is 27.3 Å². The molecule has 30 heavy (non-hydrogen) atoms. The van der Waals surface area contributed by atoms with Crippen LogP contribution in [0.15, 0.2) is 0 Å². The van der Waals surface area contributed by atoms with Crippen LogP contribution in [0.5, 0.6) is 0 Å². The SMILES string of the molecule is CCCCCCCCCCCCCCCCCCCCCCCCCC[P+](C)(C)C. The van der Waals surface area contributed by atoms with Crippen molar-refractivity contribution < 1.29 is 0 Å². The molecule has 0 aromatic heterocycles. The van der Waals surface area contributed by atoms with Crippen LogP contribution in [-0.4, -0.2) is 26.2 Å². The highest BCUT2D eigenvalue weighted by molar-refractivity contribution is 7.73. The summed E-state index contributed by atoms with van der Waals surface area (Å²) >= 11 is 0. The third-order valence-electron chi connectivity index (χ3n) is 6.68. The van der Waals surface area contributed by atoms with E-state index >= 15 is 0 Å². The third kappa shape index (κ3) is 28.4. The molecule has 0 rings (SSSR count). The van der Waals surface area contributed by atoms with Gasteiger partial charge >= 0.3 is 0 Å². The molecule has 0 fully saturated rings. The Morgan fingerprint density at radius 2 is 0.500 bits per heavy atom. The van der Waals surface area contributed by atoms with Crippen molar-refractivity contribution in [2.75, 3.05) is 26.2 Å². The van der Waals surface area contributed by atoms with Gasteiger partial charge in [-0.2, -0.15) is 0 Å². The highest BCUT2D eigenvalue weighted by atomic mass is 31.2. The first kappa shape index (κ1) is 30.4. The summed E-state index contributed by atoms with van der Waals surface area (Å²) in [6, 6.07) is 0. The predicted octanol–water partition coefficient (Wildman–Crippen LogP) is 11.3. The van der Waals surface area contributed by atoms with Crippen LogP contribution >= 0.6 is 7.26 Å². The van der Waals surface area contributed by atoms with Gasteiger partial charge in [-0.25, -0.2) is 0 Å². The minimum atomic E-state index is -0.514. The molecule has 0 bridgehead atoms. The van der Waals surface area contributed by atoms with Crippen LogP contribution < -0.4 is 0 Å². The van der Waals surface area contributed by atoms with Crippen molar-refractivity contribution in [3.8, 4) is 0 Å². The van der Waals surface area contributed by atoms with E-state index in [9.17, 15) is 0 Å². The zero-order chi connectivity index (χ0) is 22.2. The summed E-state index contributed by atoms with van der Waals surface area (Å²) in [4.78, 5) is 0. The van der Waals surface area contributed by atoms with Gasteiger partial charge in [-0.05, 0) is 12.8 Å². The van der Waals surface area contributed by atoms with Crippen LogP contribution in [0, 0.1) is 0 Å². The summed E-state index contributed by atoms with van der Waals surface area (Å²) in [6.45, 7) is 9.74. The molecular weight excluding hydrogens is 379 g/mol. The molecule has 0 aliphatic carbocycles. The Morgan fingerprint density at radius 3 is 0.700 bits per heavy atom. The van der Waals surface area contributed by atoms with Gasteiger partial charge in [0.25, 0.3) is 0 Å². The molecule has 0 aromatic carbocycles. The normalized spacial score (nSPS) is 12.0. The van der Waals surface area contributed by atoms with Crippen LogP contribution in [0.1, 0.15) is 161 Å². The molecule has 0 nitrogen and oxygen atoms in total. The van der Waals surface area contributed by atoms with Crippen molar-refractivity contribution in [3.05, 3.63) is 0 Å². The molecule has 0 unspecified atom stereocenters. The van der Waals surface area contributed by atoms with Gasteiger partial charge in [0.1, 0.15) is 0 Å². The lowest BCUT2D eigenvalue weighted by atomic mass is 10.0. The molecule has 0 saturated carbocycles. The maximum absolute atomic E-state index is 2.48. The van der Waals surface area contributed by atoms with Crippen molar-refractivity contribution in [1.29, 1.82) is 0 Å². The fraction of sp³-hybridized carbons (Fsp3) is 1.00. The van der Waals surface area contributed by atoms with Crippen LogP contribution in [0.2, 0.25) is 0 Å². The van der Waals surface area contributed by atoms with Crippen LogP contribution in [0.25, 0.3) is 0 Å². The molecule has 0 radical (unpaired) electrons. The Bertz CT molecular complexity index is 304. The van der Waals surface area contributed by atoms with Gasteiger partial charge in [-0.3, -0.25) is 0 Å². The summed E-state index contributed by atoms with van der Waals surface area (Å²) in [7, 11) is -0.514. The standard InChI is InChI=1S/C29H62P/c1-5-6-7-8-9-10-11-12-13-14-15-16-17-18-19-20-21-22-23-24-25-26-27-28-29-30(2,3)4/h5-29H2,1-4H3/q+1. The van der Waals surface area contributed by atoms with Gasteiger partial charge < -0.3 is 0 Å². The molecule has 0 N–H and O–H groups in total. The maximum atomic E-state index is 2.48. The first-order valence-corrected chi connectivity index (χ1v) is 17.7. The lowest BCUT2D eigenvalue weighted by Crippen LogP contribution is -1.93. The predicted molar refractivity (Wildman–Crippen MR) is 146 cm³/mol. The minimum Gasteiger partial charge on any atom is -0.0654 e. The molecule has 0 atom stereocenters. The highest BCUT2D eigenvalue weighted by Crippen LogP contribution is 2.47. The topological polar surface area (TPSA) is 0 Å². The Labute approximate surface area is 194 Å². The average Bonchev–Trinajstić information content (AvgIpc) is 2.70. The number of unbranched alkanes of at least 4 members (excludes halogenated alkanes) is 23. The summed E-state index contributed by atoms with van der Waals surface area (Å²) in [5.74, 6) is 0. The minimum absolute atomic E-state index is 0.514. The van der Waals surface area contributed by atoms with Crippen molar-refractivity contribution in [3.63, 3.8) is 0 Å². The monoisotopic (exact) mass is 441 g/mol. The van der Waals surface area contributed by atoms with E-state index in [1.165, 1.54) is 160 Å². The van der Waals surface area contributed by atoms with Crippen LogP contribution in [0.3, 0.4) is 0 Å². The number of rotatable bonds is 25. The number of hydrogen-bond donors (Lipinski definition) is 0. The number of hydrogen-bond acceptors (Lipinski definition) is 0. The first-order chi connectivity index (χ1) is 14.6.